The predicted octanol–water partition coefficient (Wildman–Crippen LogP) is -1.42. The van der Waals surface area contributed by atoms with Crippen LogP contribution in [0.1, 0.15) is 0 Å². The topological polar surface area (TPSA) is 77.8 Å². The Labute approximate surface area is 67.4 Å². The van der Waals surface area contributed by atoms with Crippen LogP contribution in [0.25, 0.3) is 0 Å². The zero-order valence-electron chi connectivity index (χ0n) is 6.10. The van der Waals surface area contributed by atoms with E-state index in [0.717, 1.165) is 0 Å². The fourth-order valence-electron chi connectivity index (χ4n) is 0.584. The van der Waals surface area contributed by atoms with Gasteiger partial charge in [0.25, 0.3) is 0 Å². The third-order valence-electron chi connectivity index (χ3n) is 1.34. The molecule has 4 atom stereocenters. The Morgan fingerprint density at radius 2 is 1.83 bits per heavy atom. The first-order valence-corrected chi connectivity index (χ1v) is 3.25. The Balaban J connectivity index is 4.07. The summed E-state index contributed by atoms with van der Waals surface area (Å²) < 4.78 is 24.8. The summed E-state index contributed by atoms with van der Waals surface area (Å²) in [5.41, 5.74) is 0. The minimum Gasteiger partial charge on any atom is -0.394 e. The van der Waals surface area contributed by atoms with Gasteiger partial charge in [0, 0.05) is 0 Å². The molecule has 0 heterocycles. The van der Waals surface area contributed by atoms with Crippen molar-refractivity contribution in [3.63, 3.8) is 0 Å². The molecule has 0 aromatic carbocycles. The minimum absolute atomic E-state index is 0.276. The van der Waals surface area contributed by atoms with Gasteiger partial charge in [-0.2, -0.15) is 0 Å². The van der Waals surface area contributed by atoms with Gasteiger partial charge in [-0.05, 0) is 0 Å². The third-order valence-corrected chi connectivity index (χ3v) is 1.34. The molecule has 72 valence electrons. The zero-order valence-corrected chi connectivity index (χ0v) is 6.10. The third kappa shape index (κ3) is 2.80. The maximum absolute atomic E-state index is 12.6. The van der Waals surface area contributed by atoms with Crippen LogP contribution in [0.3, 0.4) is 0 Å². The summed E-state index contributed by atoms with van der Waals surface area (Å²) in [6.45, 7) is -0.941. The van der Waals surface area contributed by atoms with Crippen LogP contribution in [0.4, 0.5) is 8.78 Å². The average Bonchev–Trinajstić information content (AvgIpc) is 2.12. The molecule has 0 aromatic rings. The second kappa shape index (κ2) is 5.13. The highest BCUT2D eigenvalue weighted by Gasteiger charge is 2.32. The summed E-state index contributed by atoms with van der Waals surface area (Å²) in [6, 6.07) is 0. The number of aldehydes is 1. The van der Waals surface area contributed by atoms with E-state index in [1.54, 1.807) is 0 Å². The Kier molecular flexibility index (Phi) is 4.87. The van der Waals surface area contributed by atoms with Crippen LogP contribution in [-0.4, -0.2) is 52.8 Å². The van der Waals surface area contributed by atoms with Crippen molar-refractivity contribution in [1.29, 1.82) is 0 Å². The zero-order chi connectivity index (χ0) is 9.72. The molecular formula is C6H10F2O4. The molecule has 0 fully saturated rings. The van der Waals surface area contributed by atoms with Gasteiger partial charge in [-0.1, -0.05) is 0 Å². The maximum atomic E-state index is 12.6. The van der Waals surface area contributed by atoms with E-state index in [-0.39, 0.29) is 6.29 Å². The van der Waals surface area contributed by atoms with Crippen molar-refractivity contribution in [1.82, 2.24) is 0 Å². The number of carbonyl (C=O) groups excluding carboxylic acids is 1. The van der Waals surface area contributed by atoms with E-state index in [1.165, 1.54) is 0 Å². The molecule has 0 aromatic heterocycles. The molecule has 3 N–H and O–H groups in total. The fraction of sp³-hybridized carbons (Fsp3) is 0.833. The Morgan fingerprint density at radius 3 is 2.17 bits per heavy atom. The molecule has 0 aliphatic rings. The van der Waals surface area contributed by atoms with Crippen molar-refractivity contribution in [2.45, 2.75) is 24.6 Å². The summed E-state index contributed by atoms with van der Waals surface area (Å²) in [4.78, 5) is 9.72. The molecule has 0 bridgehead atoms. The Bertz CT molecular complexity index is 144. The van der Waals surface area contributed by atoms with Crippen molar-refractivity contribution in [2.24, 2.45) is 0 Å². The molecule has 0 saturated heterocycles. The highest BCUT2D eigenvalue weighted by molar-refractivity contribution is 5.56. The summed E-state index contributed by atoms with van der Waals surface area (Å²) in [5, 5.41) is 25.4. The van der Waals surface area contributed by atoms with E-state index >= 15 is 0 Å². The molecule has 0 aliphatic carbocycles. The van der Waals surface area contributed by atoms with E-state index < -0.39 is 31.2 Å². The molecule has 0 radical (unpaired) electrons. The van der Waals surface area contributed by atoms with Gasteiger partial charge in [-0.3, -0.25) is 0 Å². The quantitative estimate of drug-likeness (QED) is 0.458. The standard InChI is InChI=1S/C6H10F2O4/c7-3(1-9)6(12)5(8)4(11)2-10/h1,3-6,10-12H,2H2. The lowest BCUT2D eigenvalue weighted by Gasteiger charge is -2.19. The van der Waals surface area contributed by atoms with E-state index in [0.29, 0.717) is 0 Å². The van der Waals surface area contributed by atoms with Crippen molar-refractivity contribution in [3.8, 4) is 0 Å². The number of aliphatic hydroxyl groups excluding tert-OH is 3. The molecule has 0 saturated carbocycles. The molecule has 6 heteroatoms. The number of hydrogen-bond donors (Lipinski definition) is 3. The molecule has 12 heavy (non-hydrogen) atoms. The SMILES string of the molecule is O=CC(F)C(O)C(F)C(O)CO. The van der Waals surface area contributed by atoms with Crippen LogP contribution in [0.5, 0.6) is 0 Å². The lowest BCUT2D eigenvalue weighted by Crippen LogP contribution is -2.42. The monoisotopic (exact) mass is 184 g/mol. The predicted molar refractivity (Wildman–Crippen MR) is 35.0 cm³/mol. The lowest BCUT2D eigenvalue weighted by molar-refractivity contribution is -0.120. The maximum Gasteiger partial charge on any atom is 0.184 e. The first-order chi connectivity index (χ1) is 5.54. The van der Waals surface area contributed by atoms with E-state index in [4.69, 9.17) is 15.3 Å². The van der Waals surface area contributed by atoms with Gasteiger partial charge in [-0.25, -0.2) is 8.78 Å². The largest absolute Gasteiger partial charge is 0.394 e. The van der Waals surface area contributed by atoms with Crippen molar-refractivity contribution < 1.29 is 28.9 Å². The number of carbonyl (C=O) groups is 1. The van der Waals surface area contributed by atoms with Crippen LogP contribution in [-0.2, 0) is 4.79 Å². The van der Waals surface area contributed by atoms with Crippen molar-refractivity contribution in [3.05, 3.63) is 0 Å². The van der Waals surface area contributed by atoms with Crippen LogP contribution in [0.15, 0.2) is 0 Å². The number of rotatable bonds is 5. The number of alkyl halides is 2. The highest BCUT2D eigenvalue weighted by Crippen LogP contribution is 2.09. The Hall–Kier alpha value is -0.590. The first kappa shape index (κ1) is 11.4. The van der Waals surface area contributed by atoms with Gasteiger partial charge in [0.2, 0.25) is 0 Å². The van der Waals surface area contributed by atoms with Crippen LogP contribution >= 0.6 is 0 Å². The molecule has 0 amide bonds. The normalized spacial score (nSPS) is 21.1. The minimum atomic E-state index is -2.39. The van der Waals surface area contributed by atoms with E-state index in [9.17, 15) is 13.6 Å². The van der Waals surface area contributed by atoms with Crippen LogP contribution in [0, 0.1) is 0 Å². The number of halogens is 2. The van der Waals surface area contributed by atoms with E-state index in [1.807, 2.05) is 0 Å². The fourth-order valence-corrected chi connectivity index (χ4v) is 0.584. The second-order valence-electron chi connectivity index (χ2n) is 2.27. The lowest BCUT2D eigenvalue weighted by atomic mass is 10.1. The smallest absolute Gasteiger partial charge is 0.184 e. The van der Waals surface area contributed by atoms with Crippen LogP contribution in [0.2, 0.25) is 0 Å². The van der Waals surface area contributed by atoms with Gasteiger partial charge in [0.1, 0.15) is 12.2 Å². The van der Waals surface area contributed by atoms with Crippen molar-refractivity contribution in [2.75, 3.05) is 6.61 Å². The van der Waals surface area contributed by atoms with E-state index in [2.05, 4.69) is 0 Å². The highest BCUT2D eigenvalue weighted by atomic mass is 19.1. The molecule has 0 spiro atoms. The van der Waals surface area contributed by atoms with Gasteiger partial charge in [0.05, 0.1) is 6.61 Å². The van der Waals surface area contributed by atoms with Gasteiger partial charge in [-0.15, -0.1) is 0 Å². The second-order valence-corrected chi connectivity index (χ2v) is 2.27. The van der Waals surface area contributed by atoms with Gasteiger partial charge >= 0.3 is 0 Å². The molecular weight excluding hydrogens is 174 g/mol. The summed E-state index contributed by atoms with van der Waals surface area (Å²) >= 11 is 0. The molecule has 4 nitrogen and oxygen atoms in total. The molecule has 4 unspecified atom stereocenters. The van der Waals surface area contributed by atoms with Crippen molar-refractivity contribution >= 4 is 6.29 Å². The number of aliphatic hydroxyl groups is 3. The molecule has 0 rings (SSSR count). The van der Waals surface area contributed by atoms with Gasteiger partial charge < -0.3 is 20.1 Å². The van der Waals surface area contributed by atoms with Crippen LogP contribution < -0.4 is 0 Å². The average molecular weight is 184 g/mol. The Morgan fingerprint density at radius 1 is 1.33 bits per heavy atom. The number of hydrogen-bond acceptors (Lipinski definition) is 4. The summed E-state index contributed by atoms with van der Waals surface area (Å²) in [5.74, 6) is 0. The summed E-state index contributed by atoms with van der Waals surface area (Å²) in [7, 11) is 0. The van der Waals surface area contributed by atoms with Gasteiger partial charge in [0.15, 0.2) is 18.6 Å². The first-order valence-electron chi connectivity index (χ1n) is 3.25. The summed E-state index contributed by atoms with van der Waals surface area (Å²) in [6.07, 6.45) is -9.14. The molecule has 0 aliphatic heterocycles.